The number of aryl methyl sites for hydroxylation is 1. The number of benzene rings is 3. The molecule has 0 fully saturated rings. The van der Waals surface area contributed by atoms with Crippen molar-refractivity contribution in [3.63, 3.8) is 0 Å². The number of fused-ring (bicyclic) bond motifs is 1. The molecule has 4 heteroatoms. The first-order valence-corrected chi connectivity index (χ1v) is 13.3. The third kappa shape index (κ3) is 4.54. The van der Waals surface area contributed by atoms with Gasteiger partial charge >= 0.3 is 0 Å². The fraction of sp³-hybridized carbons (Fsp3) is 0.241. The molecular formula is C29H32O3Si. The molecule has 1 aromatic heterocycles. The summed E-state index contributed by atoms with van der Waals surface area (Å²) in [5.74, 6) is 0.768. The summed E-state index contributed by atoms with van der Waals surface area (Å²) in [5, 5.41) is 14.3. The molecule has 0 saturated heterocycles. The van der Waals surface area contributed by atoms with Gasteiger partial charge in [-0.25, -0.2) is 0 Å². The molecule has 4 aromatic rings. The number of furan rings is 1. The van der Waals surface area contributed by atoms with E-state index < -0.39 is 8.32 Å². The molecule has 3 aromatic carbocycles. The van der Waals surface area contributed by atoms with Crippen molar-refractivity contribution in [2.75, 3.05) is 6.61 Å². The molecule has 0 bridgehead atoms. The van der Waals surface area contributed by atoms with Crippen molar-refractivity contribution in [1.82, 2.24) is 0 Å². The Morgan fingerprint density at radius 1 is 0.848 bits per heavy atom. The van der Waals surface area contributed by atoms with E-state index in [9.17, 15) is 5.11 Å². The Kier molecular flexibility index (Phi) is 6.59. The quantitative estimate of drug-likeness (QED) is 0.253. The monoisotopic (exact) mass is 456 g/mol. The molecule has 0 radical (unpaired) electrons. The summed E-state index contributed by atoms with van der Waals surface area (Å²) in [7, 11) is -2.58. The highest BCUT2D eigenvalue weighted by molar-refractivity contribution is 6.99. The largest absolute Gasteiger partial charge is 0.480 e. The Balaban J connectivity index is 1.57. The minimum Gasteiger partial charge on any atom is -0.480 e. The molecule has 0 unspecified atom stereocenters. The smallest absolute Gasteiger partial charge is 0.290 e. The molecule has 0 atom stereocenters. The first-order valence-electron chi connectivity index (χ1n) is 11.4. The molecule has 0 aliphatic heterocycles. The van der Waals surface area contributed by atoms with Crippen LogP contribution in [0.5, 0.6) is 5.95 Å². The van der Waals surface area contributed by atoms with Gasteiger partial charge in [0.25, 0.3) is 14.3 Å². The second kappa shape index (κ2) is 9.42. The Morgan fingerprint density at radius 3 is 1.91 bits per heavy atom. The van der Waals surface area contributed by atoms with E-state index in [0.29, 0.717) is 13.0 Å². The van der Waals surface area contributed by atoms with E-state index in [4.69, 9.17) is 8.84 Å². The lowest BCUT2D eigenvalue weighted by Crippen LogP contribution is -2.66. The summed E-state index contributed by atoms with van der Waals surface area (Å²) in [4.78, 5) is 0. The van der Waals surface area contributed by atoms with Crippen molar-refractivity contribution in [2.24, 2.45) is 0 Å². The van der Waals surface area contributed by atoms with Crippen LogP contribution < -0.4 is 10.4 Å². The van der Waals surface area contributed by atoms with Crippen LogP contribution in [0.3, 0.4) is 0 Å². The molecule has 4 rings (SSSR count). The standard InChI is InChI=1S/C29H32O3Si/c1-22(19-20-27-25-17-11-12-18-26(25)28(30)32-27)21-31-33(29(2,3)4,23-13-7-5-8-14-23)24-15-9-6-10-16-24/h5-18,30H,1,19-21H2,2-4H3. The average Bonchev–Trinajstić information content (AvgIpc) is 3.14. The maximum atomic E-state index is 10.1. The molecule has 33 heavy (non-hydrogen) atoms. The third-order valence-corrected chi connectivity index (χ3v) is 11.3. The Morgan fingerprint density at radius 2 is 1.36 bits per heavy atom. The number of hydrogen-bond donors (Lipinski definition) is 1. The number of aromatic hydroxyl groups is 1. The summed E-state index contributed by atoms with van der Waals surface area (Å²) in [6.07, 6.45) is 1.40. The van der Waals surface area contributed by atoms with Crippen LogP contribution in [0.15, 0.2) is 101 Å². The zero-order valence-electron chi connectivity index (χ0n) is 19.7. The van der Waals surface area contributed by atoms with E-state index in [0.717, 1.165) is 28.5 Å². The molecule has 0 saturated carbocycles. The number of hydrogen-bond acceptors (Lipinski definition) is 3. The van der Waals surface area contributed by atoms with Crippen molar-refractivity contribution >= 4 is 29.5 Å². The summed E-state index contributed by atoms with van der Waals surface area (Å²) < 4.78 is 12.6. The predicted molar refractivity (Wildman–Crippen MR) is 139 cm³/mol. The van der Waals surface area contributed by atoms with E-state index in [2.05, 4.69) is 88.0 Å². The number of rotatable bonds is 8. The lowest BCUT2D eigenvalue weighted by Gasteiger charge is -2.43. The SMILES string of the molecule is C=C(CCc1oc(O)c2ccccc12)CO[Si](c1ccccc1)(c1ccccc1)C(C)(C)C. The Hall–Kier alpha value is -3.08. The minimum absolute atomic E-state index is 0.0187. The average molecular weight is 457 g/mol. The highest BCUT2D eigenvalue weighted by Gasteiger charge is 2.50. The van der Waals surface area contributed by atoms with Crippen molar-refractivity contribution in [1.29, 1.82) is 0 Å². The van der Waals surface area contributed by atoms with Crippen molar-refractivity contribution in [2.45, 2.75) is 38.7 Å². The van der Waals surface area contributed by atoms with Gasteiger partial charge in [-0.3, -0.25) is 0 Å². The van der Waals surface area contributed by atoms with Crippen LogP contribution in [0.25, 0.3) is 10.8 Å². The van der Waals surface area contributed by atoms with Crippen LogP contribution >= 0.6 is 0 Å². The molecule has 1 N–H and O–H groups in total. The van der Waals surface area contributed by atoms with Crippen LogP contribution in [0.1, 0.15) is 33.0 Å². The van der Waals surface area contributed by atoms with Gasteiger partial charge in [0.2, 0.25) is 0 Å². The van der Waals surface area contributed by atoms with Gasteiger partial charge in [-0.2, -0.15) is 0 Å². The molecule has 0 amide bonds. The topological polar surface area (TPSA) is 42.6 Å². The molecule has 3 nitrogen and oxygen atoms in total. The zero-order valence-corrected chi connectivity index (χ0v) is 20.7. The van der Waals surface area contributed by atoms with Gasteiger partial charge in [-0.05, 0) is 27.9 Å². The van der Waals surface area contributed by atoms with Crippen molar-refractivity contribution in [3.05, 3.63) is 103 Å². The molecule has 170 valence electrons. The second-order valence-corrected chi connectivity index (χ2v) is 13.9. The normalized spacial score (nSPS) is 12.2. The maximum absolute atomic E-state index is 10.1. The third-order valence-electron chi connectivity index (χ3n) is 6.29. The molecule has 0 aliphatic rings. The van der Waals surface area contributed by atoms with E-state index >= 15 is 0 Å². The maximum Gasteiger partial charge on any atom is 0.290 e. The highest BCUT2D eigenvalue weighted by Crippen LogP contribution is 2.37. The fourth-order valence-corrected chi connectivity index (χ4v) is 9.24. The molecular weight excluding hydrogens is 424 g/mol. The molecule has 0 aliphatic carbocycles. The van der Waals surface area contributed by atoms with E-state index in [1.54, 1.807) is 0 Å². The van der Waals surface area contributed by atoms with E-state index in [1.807, 2.05) is 24.3 Å². The highest BCUT2D eigenvalue weighted by atomic mass is 28.4. The van der Waals surface area contributed by atoms with Crippen LogP contribution in [0.4, 0.5) is 0 Å². The van der Waals surface area contributed by atoms with Gasteiger partial charge in [-0.1, -0.05) is 112 Å². The minimum atomic E-state index is -2.58. The van der Waals surface area contributed by atoms with Gasteiger partial charge < -0.3 is 13.9 Å². The molecule has 1 heterocycles. The lowest BCUT2D eigenvalue weighted by atomic mass is 10.1. The first-order chi connectivity index (χ1) is 15.8. The van der Waals surface area contributed by atoms with E-state index in [-0.39, 0.29) is 11.0 Å². The van der Waals surface area contributed by atoms with Gasteiger partial charge in [0.1, 0.15) is 5.76 Å². The fourth-order valence-electron chi connectivity index (χ4n) is 4.66. The predicted octanol–water partition coefficient (Wildman–Crippen LogP) is 6.20. The van der Waals surface area contributed by atoms with Crippen molar-refractivity contribution < 1.29 is 13.9 Å². The Labute approximate surface area is 197 Å². The van der Waals surface area contributed by atoms with Crippen molar-refractivity contribution in [3.8, 4) is 5.95 Å². The van der Waals surface area contributed by atoms with Crippen LogP contribution in [0, 0.1) is 0 Å². The summed E-state index contributed by atoms with van der Waals surface area (Å²) in [6, 6.07) is 29.0. The summed E-state index contributed by atoms with van der Waals surface area (Å²) in [5.41, 5.74) is 1.02. The molecule has 0 spiro atoms. The van der Waals surface area contributed by atoms with Crippen LogP contribution in [-0.4, -0.2) is 20.0 Å². The van der Waals surface area contributed by atoms with E-state index in [1.165, 1.54) is 10.4 Å². The van der Waals surface area contributed by atoms with Crippen LogP contribution in [0.2, 0.25) is 5.04 Å². The lowest BCUT2D eigenvalue weighted by molar-refractivity contribution is 0.316. The summed E-state index contributed by atoms with van der Waals surface area (Å²) >= 11 is 0. The first kappa shape index (κ1) is 23.1. The summed E-state index contributed by atoms with van der Waals surface area (Å²) in [6.45, 7) is 11.6. The van der Waals surface area contributed by atoms with Gasteiger partial charge in [0, 0.05) is 11.8 Å². The zero-order chi connectivity index (χ0) is 23.5. The Bertz CT molecular complexity index is 1180. The van der Waals surface area contributed by atoms with Gasteiger partial charge in [0.15, 0.2) is 0 Å². The van der Waals surface area contributed by atoms with Gasteiger partial charge in [-0.15, -0.1) is 0 Å². The van der Waals surface area contributed by atoms with Gasteiger partial charge in [0.05, 0.1) is 12.0 Å². The second-order valence-electron chi connectivity index (χ2n) is 9.58. The van der Waals surface area contributed by atoms with Crippen LogP contribution in [-0.2, 0) is 10.8 Å².